The normalized spacial score (nSPS) is 10.9. The van der Waals surface area contributed by atoms with Gasteiger partial charge in [-0.25, -0.2) is 19.5 Å². The van der Waals surface area contributed by atoms with Crippen LogP contribution in [0.15, 0.2) is 37.2 Å². The van der Waals surface area contributed by atoms with Crippen LogP contribution in [0, 0.1) is 0 Å². The molecule has 4 N–H and O–H groups in total. The molecule has 1 amide bonds. The van der Waals surface area contributed by atoms with Gasteiger partial charge in [0.15, 0.2) is 30.4 Å². The number of nitrogens with two attached hydrogens (primary N) is 2. The number of carbonyl (C=O) groups excluding carboxylic acids is 1. The number of aryl methyl sites for hydroxylation is 2. The van der Waals surface area contributed by atoms with Crippen molar-refractivity contribution in [3.63, 3.8) is 0 Å². The van der Waals surface area contributed by atoms with Crippen molar-refractivity contribution in [1.29, 1.82) is 0 Å². The lowest BCUT2D eigenvalue weighted by Crippen LogP contribution is -2.36. The van der Waals surface area contributed by atoms with Gasteiger partial charge in [-0.3, -0.25) is 4.79 Å². The maximum atomic E-state index is 11.2. The van der Waals surface area contributed by atoms with Crippen LogP contribution in [-0.4, -0.2) is 25.4 Å². The summed E-state index contributed by atoms with van der Waals surface area (Å²) in [6.07, 6.45) is 6.67. The van der Waals surface area contributed by atoms with Crippen molar-refractivity contribution >= 4 is 22.9 Å². The van der Waals surface area contributed by atoms with Gasteiger partial charge in [0, 0.05) is 6.07 Å². The molecule has 0 aliphatic rings. The number of pyridine rings is 1. The topological polar surface area (TPSA) is 117 Å². The molecule has 0 aromatic carbocycles. The molecule has 3 aromatic rings. The number of amides is 1. The molecule has 8 heteroatoms. The maximum absolute atomic E-state index is 11.2. The molecule has 106 valence electrons. The average molecular weight is 284 g/mol. The number of nitrogen functional groups attached to an aromatic ring is 1. The van der Waals surface area contributed by atoms with Crippen LogP contribution in [0.3, 0.4) is 0 Å². The Labute approximate surface area is 120 Å². The van der Waals surface area contributed by atoms with Gasteiger partial charge in [0.1, 0.15) is 17.4 Å². The Morgan fingerprint density at radius 3 is 3.00 bits per heavy atom. The van der Waals surface area contributed by atoms with Crippen LogP contribution < -0.4 is 16.0 Å². The van der Waals surface area contributed by atoms with E-state index in [0.29, 0.717) is 35.6 Å². The molecule has 0 radical (unpaired) electrons. The van der Waals surface area contributed by atoms with Gasteiger partial charge in [0.2, 0.25) is 0 Å². The maximum Gasteiger partial charge on any atom is 0.254 e. The molecule has 0 spiro atoms. The van der Waals surface area contributed by atoms with Gasteiger partial charge in [-0.05, 0) is 6.07 Å². The fourth-order valence-electron chi connectivity index (χ4n) is 2.09. The number of primary amides is 1. The second kappa shape index (κ2) is 5.16. The average Bonchev–Trinajstić information content (AvgIpc) is 2.90. The summed E-state index contributed by atoms with van der Waals surface area (Å²) in [6.45, 7) is 1.29. The second-order valence-electron chi connectivity index (χ2n) is 4.56. The number of carbonyl (C=O) groups is 1. The SMILES string of the molecule is NC(=O)c1ccc[n+](CCn2cnc3c(N)ncnc32)c1. The van der Waals surface area contributed by atoms with Gasteiger partial charge in [-0.15, -0.1) is 0 Å². The van der Waals surface area contributed by atoms with Crippen molar-refractivity contribution < 1.29 is 9.36 Å². The van der Waals surface area contributed by atoms with E-state index in [4.69, 9.17) is 11.5 Å². The first-order valence-corrected chi connectivity index (χ1v) is 6.35. The minimum Gasteiger partial charge on any atom is -0.382 e. The molecule has 21 heavy (non-hydrogen) atoms. The molecule has 0 bridgehead atoms. The first kappa shape index (κ1) is 13.0. The molecule has 0 atom stereocenters. The highest BCUT2D eigenvalue weighted by Crippen LogP contribution is 2.13. The quantitative estimate of drug-likeness (QED) is 0.626. The summed E-state index contributed by atoms with van der Waals surface area (Å²) in [4.78, 5) is 23.5. The smallest absolute Gasteiger partial charge is 0.254 e. The van der Waals surface area contributed by atoms with E-state index >= 15 is 0 Å². The van der Waals surface area contributed by atoms with Gasteiger partial charge in [0.05, 0.1) is 12.9 Å². The summed E-state index contributed by atoms with van der Waals surface area (Å²) < 4.78 is 3.77. The zero-order valence-corrected chi connectivity index (χ0v) is 11.2. The van der Waals surface area contributed by atoms with Crippen LogP contribution in [0.4, 0.5) is 5.82 Å². The predicted octanol–water partition coefficient (Wildman–Crippen LogP) is -0.505. The lowest BCUT2D eigenvalue weighted by molar-refractivity contribution is -0.698. The van der Waals surface area contributed by atoms with Crippen molar-refractivity contribution in [2.75, 3.05) is 5.73 Å². The Bertz CT molecular complexity index is 811. The minimum atomic E-state index is -0.446. The Kier molecular flexibility index (Phi) is 3.19. The van der Waals surface area contributed by atoms with Crippen molar-refractivity contribution in [3.8, 4) is 0 Å². The number of aromatic nitrogens is 5. The summed E-state index contributed by atoms with van der Waals surface area (Å²) >= 11 is 0. The third-order valence-electron chi connectivity index (χ3n) is 3.17. The molecule has 3 aromatic heterocycles. The van der Waals surface area contributed by atoms with Crippen LogP contribution in [0.5, 0.6) is 0 Å². The van der Waals surface area contributed by atoms with Crippen molar-refractivity contribution in [1.82, 2.24) is 19.5 Å². The number of hydrogen-bond acceptors (Lipinski definition) is 5. The van der Waals surface area contributed by atoms with Gasteiger partial charge >= 0.3 is 0 Å². The largest absolute Gasteiger partial charge is 0.382 e. The van der Waals surface area contributed by atoms with Crippen molar-refractivity contribution in [3.05, 3.63) is 42.7 Å². The van der Waals surface area contributed by atoms with Gasteiger partial charge < -0.3 is 16.0 Å². The lowest BCUT2D eigenvalue weighted by Gasteiger charge is -2.02. The zero-order valence-electron chi connectivity index (χ0n) is 11.2. The number of fused-ring (bicyclic) bond motifs is 1. The first-order chi connectivity index (χ1) is 10.1. The third-order valence-corrected chi connectivity index (χ3v) is 3.17. The van der Waals surface area contributed by atoms with E-state index in [1.165, 1.54) is 6.33 Å². The number of nitrogens with zero attached hydrogens (tertiary/aromatic N) is 5. The van der Waals surface area contributed by atoms with Crippen LogP contribution in [-0.2, 0) is 13.1 Å². The van der Waals surface area contributed by atoms with E-state index in [2.05, 4.69) is 15.0 Å². The summed E-state index contributed by atoms with van der Waals surface area (Å²) in [5.41, 5.74) is 12.8. The number of rotatable bonds is 4. The molecule has 3 heterocycles. The van der Waals surface area contributed by atoms with Gasteiger partial charge in [-0.2, -0.15) is 0 Å². The number of imidazole rings is 1. The highest BCUT2D eigenvalue weighted by atomic mass is 16.1. The fraction of sp³-hybridized carbons (Fsp3) is 0.154. The van der Waals surface area contributed by atoms with E-state index in [1.807, 2.05) is 15.3 Å². The summed E-state index contributed by atoms with van der Waals surface area (Å²) in [6, 6.07) is 3.46. The summed E-state index contributed by atoms with van der Waals surface area (Å²) in [5.74, 6) is -0.0833. The zero-order chi connectivity index (χ0) is 14.8. The Morgan fingerprint density at radius 2 is 2.19 bits per heavy atom. The molecular weight excluding hydrogens is 270 g/mol. The van der Waals surface area contributed by atoms with E-state index in [-0.39, 0.29) is 0 Å². The second-order valence-corrected chi connectivity index (χ2v) is 4.56. The van der Waals surface area contributed by atoms with Crippen molar-refractivity contribution in [2.24, 2.45) is 5.73 Å². The molecule has 3 rings (SSSR count). The highest BCUT2D eigenvalue weighted by Gasteiger charge is 2.10. The third kappa shape index (κ3) is 2.50. The Balaban J connectivity index is 1.82. The molecular formula is C13H14N7O+. The monoisotopic (exact) mass is 284 g/mol. The Hall–Kier alpha value is -3.03. The van der Waals surface area contributed by atoms with E-state index in [1.54, 1.807) is 24.7 Å². The molecule has 0 aliphatic heterocycles. The summed E-state index contributed by atoms with van der Waals surface area (Å²) in [7, 11) is 0. The number of hydrogen-bond donors (Lipinski definition) is 2. The standard InChI is InChI=1S/C13H13N7O/c14-11-10-13(17-7-16-11)20(8-18-10)5-4-19-3-1-2-9(6-19)12(15)21/h1-3,6-8H,4-5H2,(H3-,14,15,16,17,21)/p+1. The molecule has 0 fully saturated rings. The first-order valence-electron chi connectivity index (χ1n) is 6.35. The van der Waals surface area contributed by atoms with E-state index < -0.39 is 5.91 Å². The highest BCUT2D eigenvalue weighted by molar-refractivity contribution is 5.92. The van der Waals surface area contributed by atoms with Crippen molar-refractivity contribution in [2.45, 2.75) is 13.1 Å². The molecule has 0 aliphatic carbocycles. The van der Waals surface area contributed by atoms with Crippen LogP contribution in [0.1, 0.15) is 10.4 Å². The van der Waals surface area contributed by atoms with Gasteiger partial charge in [-0.1, -0.05) is 0 Å². The lowest BCUT2D eigenvalue weighted by atomic mass is 10.3. The van der Waals surface area contributed by atoms with Gasteiger partial charge in [0.25, 0.3) is 5.91 Å². The predicted molar refractivity (Wildman–Crippen MR) is 74.9 cm³/mol. The van der Waals surface area contributed by atoms with Crippen LogP contribution in [0.25, 0.3) is 11.2 Å². The van der Waals surface area contributed by atoms with E-state index in [9.17, 15) is 4.79 Å². The van der Waals surface area contributed by atoms with Crippen LogP contribution in [0.2, 0.25) is 0 Å². The molecule has 0 saturated carbocycles. The summed E-state index contributed by atoms with van der Waals surface area (Å²) in [5, 5.41) is 0. The molecule has 0 saturated heterocycles. The molecule has 8 nitrogen and oxygen atoms in total. The van der Waals surface area contributed by atoms with E-state index in [0.717, 1.165) is 0 Å². The van der Waals surface area contributed by atoms with Crippen LogP contribution >= 0.6 is 0 Å². The minimum absolute atomic E-state index is 0.363. The Morgan fingerprint density at radius 1 is 1.33 bits per heavy atom. The fourth-order valence-corrected chi connectivity index (χ4v) is 2.09. The number of anilines is 1. The molecule has 0 unspecified atom stereocenters.